The molecule has 1 fully saturated rings. The van der Waals surface area contributed by atoms with Crippen molar-refractivity contribution in [1.82, 2.24) is 14.7 Å². The number of aromatic nitrogens is 2. The third-order valence-electron chi connectivity index (χ3n) is 3.60. The molecule has 0 saturated carbocycles. The normalized spacial score (nSPS) is 18.9. The number of ether oxygens (including phenoxy) is 1. The van der Waals surface area contributed by atoms with Crippen LogP contribution in [0.3, 0.4) is 0 Å². The van der Waals surface area contributed by atoms with Gasteiger partial charge in [0.25, 0.3) is 0 Å². The number of hydrogen-bond donors (Lipinski definition) is 1. The largest absolute Gasteiger partial charge is 0.464 e. The van der Waals surface area contributed by atoms with Crippen molar-refractivity contribution in [2.75, 3.05) is 20.2 Å². The molecule has 3 rings (SSSR count). The zero-order valence-corrected chi connectivity index (χ0v) is 10.9. The van der Waals surface area contributed by atoms with E-state index in [2.05, 4.69) is 10.3 Å². The molecule has 2 aromatic rings. The summed E-state index contributed by atoms with van der Waals surface area (Å²) in [4.78, 5) is 16.3. The van der Waals surface area contributed by atoms with Crippen LogP contribution in [0, 0.1) is 5.92 Å². The van der Waals surface area contributed by atoms with Crippen molar-refractivity contribution in [3.8, 4) is 0 Å². The molecule has 0 spiro atoms. The summed E-state index contributed by atoms with van der Waals surface area (Å²) in [5.41, 5.74) is 2.34. The number of nitrogens with one attached hydrogen (secondary N) is 1. The van der Waals surface area contributed by atoms with Crippen LogP contribution in [0.25, 0.3) is 5.65 Å². The molecule has 0 aliphatic carbocycles. The van der Waals surface area contributed by atoms with E-state index in [0.717, 1.165) is 30.9 Å². The van der Waals surface area contributed by atoms with E-state index in [1.54, 1.807) is 6.07 Å². The predicted octanol–water partition coefficient (Wildman–Crippen LogP) is 1.27. The lowest BCUT2D eigenvalue weighted by Crippen LogP contribution is -2.10. The monoisotopic (exact) mass is 259 g/mol. The Kier molecular flexibility index (Phi) is 3.21. The summed E-state index contributed by atoms with van der Waals surface area (Å²) >= 11 is 0. The Bertz CT molecular complexity index is 600. The van der Waals surface area contributed by atoms with Gasteiger partial charge in [-0.25, -0.2) is 9.78 Å². The Morgan fingerprint density at radius 2 is 2.47 bits per heavy atom. The van der Waals surface area contributed by atoms with Crippen molar-refractivity contribution in [3.05, 3.63) is 35.8 Å². The van der Waals surface area contributed by atoms with E-state index in [1.807, 2.05) is 22.7 Å². The topological polar surface area (TPSA) is 55.6 Å². The quantitative estimate of drug-likeness (QED) is 0.843. The molecule has 1 atom stereocenters. The number of imidazole rings is 1. The first kappa shape index (κ1) is 12.2. The Hall–Kier alpha value is -1.88. The van der Waals surface area contributed by atoms with Gasteiger partial charge in [-0.3, -0.25) is 4.40 Å². The summed E-state index contributed by atoms with van der Waals surface area (Å²) in [5, 5.41) is 3.36. The van der Waals surface area contributed by atoms with Crippen LogP contribution in [0.4, 0.5) is 0 Å². The molecule has 100 valence electrons. The van der Waals surface area contributed by atoms with Crippen molar-refractivity contribution in [1.29, 1.82) is 0 Å². The van der Waals surface area contributed by atoms with E-state index >= 15 is 0 Å². The lowest BCUT2D eigenvalue weighted by Gasteiger charge is -2.04. The Balaban J connectivity index is 1.93. The lowest BCUT2D eigenvalue weighted by molar-refractivity contribution is 0.0592. The van der Waals surface area contributed by atoms with Crippen LogP contribution >= 0.6 is 0 Å². The summed E-state index contributed by atoms with van der Waals surface area (Å²) in [7, 11) is 1.39. The van der Waals surface area contributed by atoms with Crippen LogP contribution in [0.5, 0.6) is 0 Å². The minimum atomic E-state index is -0.336. The highest BCUT2D eigenvalue weighted by Crippen LogP contribution is 2.16. The van der Waals surface area contributed by atoms with Gasteiger partial charge in [0.15, 0.2) is 0 Å². The van der Waals surface area contributed by atoms with Gasteiger partial charge in [0.05, 0.1) is 12.8 Å². The van der Waals surface area contributed by atoms with E-state index in [-0.39, 0.29) is 5.97 Å². The summed E-state index contributed by atoms with van der Waals surface area (Å²) in [5.74, 6) is 0.309. The molecule has 0 aromatic carbocycles. The van der Waals surface area contributed by atoms with Crippen LogP contribution in [0.15, 0.2) is 24.4 Å². The van der Waals surface area contributed by atoms with Crippen LogP contribution in [0.2, 0.25) is 0 Å². The maximum absolute atomic E-state index is 11.7. The summed E-state index contributed by atoms with van der Waals surface area (Å²) in [6.45, 7) is 2.14. The van der Waals surface area contributed by atoms with Gasteiger partial charge in [0.2, 0.25) is 0 Å². The Labute approximate surface area is 111 Å². The average molecular weight is 259 g/mol. The van der Waals surface area contributed by atoms with Crippen molar-refractivity contribution >= 4 is 11.6 Å². The van der Waals surface area contributed by atoms with Gasteiger partial charge in [0.1, 0.15) is 11.3 Å². The minimum absolute atomic E-state index is 0.336. The second kappa shape index (κ2) is 5.01. The van der Waals surface area contributed by atoms with Crippen LogP contribution in [-0.4, -0.2) is 35.6 Å². The van der Waals surface area contributed by atoms with E-state index in [4.69, 9.17) is 4.74 Å². The molecule has 0 amide bonds. The second-order valence-corrected chi connectivity index (χ2v) is 4.93. The number of pyridine rings is 1. The van der Waals surface area contributed by atoms with Gasteiger partial charge in [-0.05, 0) is 44.0 Å². The van der Waals surface area contributed by atoms with Crippen molar-refractivity contribution in [3.63, 3.8) is 0 Å². The van der Waals surface area contributed by atoms with E-state index < -0.39 is 0 Å². The van der Waals surface area contributed by atoms with Crippen LogP contribution in [-0.2, 0) is 11.2 Å². The summed E-state index contributed by atoms with van der Waals surface area (Å²) in [6.07, 6.45) is 4.09. The smallest absolute Gasteiger partial charge is 0.355 e. The molecule has 1 unspecified atom stereocenters. The first-order valence-electron chi connectivity index (χ1n) is 6.54. The zero-order chi connectivity index (χ0) is 13.2. The average Bonchev–Trinajstić information content (AvgIpc) is 3.06. The molecular formula is C14H17N3O2. The fraction of sp³-hybridized carbons (Fsp3) is 0.429. The maximum Gasteiger partial charge on any atom is 0.355 e. The van der Waals surface area contributed by atoms with E-state index in [1.165, 1.54) is 13.5 Å². The first-order chi connectivity index (χ1) is 9.28. The van der Waals surface area contributed by atoms with Crippen molar-refractivity contribution in [2.45, 2.75) is 12.8 Å². The van der Waals surface area contributed by atoms with Crippen LogP contribution in [0.1, 0.15) is 22.6 Å². The standard InChI is InChI=1S/C14H17N3O2/c1-19-14(18)12-3-2-4-13-16-11(9-17(12)13)7-10-5-6-15-8-10/h2-4,9-10,15H,5-8H2,1H3. The van der Waals surface area contributed by atoms with E-state index in [9.17, 15) is 4.79 Å². The van der Waals surface area contributed by atoms with Gasteiger partial charge in [-0.2, -0.15) is 0 Å². The minimum Gasteiger partial charge on any atom is -0.464 e. The third kappa shape index (κ3) is 2.33. The summed E-state index contributed by atoms with van der Waals surface area (Å²) < 4.78 is 6.60. The molecule has 1 saturated heterocycles. The molecule has 1 aliphatic heterocycles. The number of esters is 1. The lowest BCUT2D eigenvalue weighted by atomic mass is 10.0. The molecular weight excluding hydrogens is 242 g/mol. The predicted molar refractivity (Wildman–Crippen MR) is 71.2 cm³/mol. The highest BCUT2D eigenvalue weighted by Gasteiger charge is 2.17. The molecule has 2 aromatic heterocycles. The third-order valence-corrected chi connectivity index (χ3v) is 3.60. The van der Waals surface area contributed by atoms with Gasteiger partial charge >= 0.3 is 5.97 Å². The summed E-state index contributed by atoms with van der Waals surface area (Å²) in [6, 6.07) is 5.49. The fourth-order valence-electron chi connectivity index (χ4n) is 2.61. The van der Waals surface area contributed by atoms with Gasteiger partial charge in [-0.15, -0.1) is 0 Å². The van der Waals surface area contributed by atoms with Crippen molar-refractivity contribution in [2.24, 2.45) is 5.92 Å². The fourth-order valence-corrected chi connectivity index (χ4v) is 2.61. The van der Waals surface area contributed by atoms with Crippen molar-refractivity contribution < 1.29 is 9.53 Å². The Morgan fingerprint density at radius 1 is 1.58 bits per heavy atom. The number of methoxy groups -OCH3 is 1. The first-order valence-corrected chi connectivity index (χ1v) is 6.54. The van der Waals surface area contributed by atoms with Gasteiger partial charge in [0, 0.05) is 6.20 Å². The molecule has 5 nitrogen and oxygen atoms in total. The molecule has 19 heavy (non-hydrogen) atoms. The molecule has 0 radical (unpaired) electrons. The number of fused-ring (bicyclic) bond motifs is 1. The Morgan fingerprint density at radius 3 is 3.21 bits per heavy atom. The highest BCUT2D eigenvalue weighted by molar-refractivity contribution is 5.88. The number of rotatable bonds is 3. The molecule has 5 heteroatoms. The number of carbonyl (C=O) groups excluding carboxylic acids is 1. The van der Waals surface area contributed by atoms with E-state index in [0.29, 0.717) is 11.6 Å². The molecule has 1 N–H and O–H groups in total. The van der Waals surface area contributed by atoms with Gasteiger partial charge in [-0.1, -0.05) is 6.07 Å². The van der Waals surface area contributed by atoms with Crippen LogP contribution < -0.4 is 5.32 Å². The number of carbonyl (C=O) groups is 1. The second-order valence-electron chi connectivity index (χ2n) is 4.93. The molecule has 1 aliphatic rings. The number of hydrogen-bond acceptors (Lipinski definition) is 4. The number of nitrogens with zero attached hydrogens (tertiary/aromatic N) is 2. The van der Waals surface area contributed by atoms with Gasteiger partial charge < -0.3 is 10.1 Å². The highest BCUT2D eigenvalue weighted by atomic mass is 16.5. The zero-order valence-electron chi connectivity index (χ0n) is 10.9. The molecule has 3 heterocycles. The molecule has 0 bridgehead atoms. The SMILES string of the molecule is COC(=O)c1cccc2nc(CC3CCNC3)cn12. The maximum atomic E-state index is 11.7.